The number of aliphatic hydroxyl groups is 4. The number of nitrogen functional groups attached to an aromatic ring is 2. The van der Waals surface area contributed by atoms with Crippen LogP contribution in [0.1, 0.15) is 12.5 Å². The Morgan fingerprint density at radius 3 is 1.49 bits per heavy atom. The highest BCUT2D eigenvalue weighted by atomic mass is 31.3. The van der Waals surface area contributed by atoms with E-state index in [0.29, 0.717) is 6.66 Å². The molecule has 27 nitrogen and oxygen atoms in total. The zero-order chi connectivity index (χ0) is 38.9. The van der Waals surface area contributed by atoms with Crippen LogP contribution in [0.4, 0.5) is 11.9 Å². The first kappa shape index (κ1) is 39.2. The lowest BCUT2D eigenvalue weighted by Crippen LogP contribution is -2.46. The molecule has 2 aliphatic rings. The minimum atomic E-state index is -5.72. The fourth-order valence-electron chi connectivity index (χ4n) is 5.86. The van der Waals surface area contributed by atoms with Crippen LogP contribution in [-0.2, 0) is 54.9 Å². The summed E-state index contributed by atoms with van der Waals surface area (Å²) in [5.41, 5.74) is 9.94. The molecule has 2 saturated heterocycles. The average Bonchev–Trinajstić information content (AvgIpc) is 3.71. The van der Waals surface area contributed by atoms with Gasteiger partial charge in [-0.1, -0.05) is 9.97 Å². The Balaban J connectivity index is 1.05. The van der Waals surface area contributed by atoms with Crippen LogP contribution >= 0.6 is 23.2 Å². The topological polar surface area (TPSA) is 395 Å². The van der Waals surface area contributed by atoms with Gasteiger partial charge in [-0.2, -0.15) is 0 Å². The summed E-state index contributed by atoms with van der Waals surface area (Å²) < 4.78 is 72.0. The molecule has 0 aliphatic carbocycles. The van der Waals surface area contributed by atoms with Crippen molar-refractivity contribution < 1.29 is 80.2 Å². The number of anilines is 2. The molecule has 4 aromatic heterocycles. The van der Waals surface area contributed by atoms with Crippen LogP contribution in [0.5, 0.6) is 0 Å². The van der Waals surface area contributed by atoms with Crippen LogP contribution in [0.3, 0.4) is 0 Å². The molecule has 0 amide bonds. The summed E-state index contributed by atoms with van der Waals surface area (Å²) in [6, 6.07) is 0. The number of fused-ring (bicyclic) bond motifs is 2. The number of H-pyrrole nitrogens is 2. The van der Waals surface area contributed by atoms with Crippen LogP contribution in [-0.4, -0.2) is 106 Å². The molecule has 6 heterocycles. The number of hydrogen-bond donors (Lipinski definition) is 8. The summed E-state index contributed by atoms with van der Waals surface area (Å²) in [5.74, 6) is -0.536. The quantitative estimate of drug-likeness (QED) is 0.0488. The van der Waals surface area contributed by atoms with E-state index in [2.05, 4.69) is 37.6 Å². The van der Waals surface area contributed by atoms with Crippen LogP contribution in [0.15, 0.2) is 22.2 Å². The third-order valence-corrected chi connectivity index (χ3v) is 13.0. The van der Waals surface area contributed by atoms with Gasteiger partial charge in [0.05, 0.1) is 27.3 Å². The van der Waals surface area contributed by atoms with Crippen LogP contribution < -0.4 is 41.5 Å². The Bertz CT molecular complexity index is 2170. The van der Waals surface area contributed by atoms with Crippen molar-refractivity contribution in [2.75, 3.05) is 31.3 Å². The molecule has 0 spiro atoms. The van der Waals surface area contributed by atoms with Gasteiger partial charge < -0.3 is 60.2 Å². The molecule has 2 aliphatic heterocycles. The van der Waals surface area contributed by atoms with Gasteiger partial charge in [0.25, 0.3) is 38.7 Å². The Hall–Kier alpha value is -3.49. The molecule has 0 aromatic carbocycles. The fourth-order valence-corrected chi connectivity index (χ4v) is 10.2. The number of hydrogen-bond acceptors (Lipinski definition) is 21. The van der Waals surface area contributed by atoms with Gasteiger partial charge >= 0.3 is 18.9 Å². The van der Waals surface area contributed by atoms with E-state index in [4.69, 9.17) is 20.9 Å². The van der Waals surface area contributed by atoms with Crippen LogP contribution in [0.25, 0.3) is 22.3 Å². The highest BCUT2D eigenvalue weighted by Gasteiger charge is 2.49. The second-order valence-electron chi connectivity index (χ2n) is 12.0. The number of imidazole rings is 2. The number of aromatic amines is 2. The van der Waals surface area contributed by atoms with E-state index in [1.54, 1.807) is 0 Å². The lowest BCUT2D eigenvalue weighted by atomic mass is 10.1. The number of nitrogens with zero attached hydrogens (tertiary/aromatic N) is 6. The molecular formula is C23H33N10O17P3. The van der Waals surface area contributed by atoms with Gasteiger partial charge in [0, 0.05) is 6.66 Å². The van der Waals surface area contributed by atoms with E-state index in [9.17, 15) is 53.5 Å². The van der Waals surface area contributed by atoms with E-state index < -0.39 is 96.7 Å². The molecule has 0 bridgehead atoms. The number of nitrogens with one attached hydrogen (secondary N) is 2. The summed E-state index contributed by atoms with van der Waals surface area (Å²) in [7, 11) is -13.6. The fraction of sp³-hybridized carbons (Fsp3) is 0.565. The zero-order valence-electron chi connectivity index (χ0n) is 27.5. The first-order chi connectivity index (χ1) is 24.6. The average molecular weight is 814 g/mol. The van der Waals surface area contributed by atoms with E-state index >= 15 is 0 Å². The van der Waals surface area contributed by atoms with Crippen molar-refractivity contribution in [2.45, 2.75) is 49.1 Å². The lowest BCUT2D eigenvalue weighted by molar-refractivity contribution is -0.746. The monoisotopic (exact) mass is 814 g/mol. The van der Waals surface area contributed by atoms with Crippen molar-refractivity contribution in [3.63, 3.8) is 0 Å². The van der Waals surface area contributed by atoms with Crippen molar-refractivity contribution in [2.24, 2.45) is 14.1 Å². The van der Waals surface area contributed by atoms with Gasteiger partial charge in [0.2, 0.25) is 23.5 Å². The standard InChI is InChI=1S/C23H33N10O17P3/c1-30-6-32(16-10(30)18(38)28-22(24)26-16)20-14(36)12(34)8(47-20)4-45-52(41,42)49-51(3,40)50-53(43,44)46-5-9-13(35)15(37)21(48-9)33-7-31(2)11-17(33)27-23(25)29-19(11)39/h6-9,12-15,20-21,34-37H,4-5H2,1-3H3,(H6-2,24,25,26,27,28,29,38,39,41,42,43,44)/t8-,9-,12-,13-,14-,15-,20-,21-/m1/s1. The molecule has 4 aromatic rings. The highest BCUT2D eigenvalue weighted by molar-refractivity contribution is 7.68. The predicted octanol–water partition coefficient (Wildman–Crippen LogP) is -5.66. The number of aromatic nitrogens is 8. The number of phosphoric ester groups is 2. The number of phosphoric acid groups is 2. The lowest BCUT2D eigenvalue weighted by Gasteiger charge is -2.31. The molecule has 10 N–H and O–H groups in total. The summed E-state index contributed by atoms with van der Waals surface area (Å²) in [6.45, 7) is -1.65. The van der Waals surface area contributed by atoms with Crippen molar-refractivity contribution in [1.29, 1.82) is 0 Å². The number of ether oxygens (including phenoxy) is 2. The van der Waals surface area contributed by atoms with E-state index in [0.717, 1.165) is 9.13 Å². The Morgan fingerprint density at radius 1 is 0.774 bits per heavy atom. The molecule has 292 valence electrons. The van der Waals surface area contributed by atoms with Crippen molar-refractivity contribution >= 4 is 57.5 Å². The SMILES string of the molecule is Cn1c[n+]([C@@H]2O[C@H](COP(=O)([O-])OP(C)(=O)OP(=O)([O-])OC[C@H]3O[C@@H]([n+]4cn(C)c5c(=O)[nH]c(N)nc54)[C@H](O)[C@@H]3O)[C@@H](O)[C@H]2O)c2nc(N)[nH]c(=O)c21. The largest absolute Gasteiger partial charge is 0.756 e. The third kappa shape index (κ3) is 7.73. The summed E-state index contributed by atoms with van der Waals surface area (Å²) in [4.78, 5) is 62.4. The Kier molecular flexibility index (Phi) is 10.3. The molecule has 10 atom stereocenters. The number of nitrogens with two attached hydrogens (primary N) is 2. The first-order valence-corrected chi connectivity index (χ1v) is 20.0. The second-order valence-corrected chi connectivity index (χ2v) is 17.2. The van der Waals surface area contributed by atoms with E-state index in [1.165, 1.54) is 35.9 Å². The number of rotatable bonds is 12. The molecule has 30 heteroatoms. The zero-order valence-corrected chi connectivity index (χ0v) is 30.1. The van der Waals surface area contributed by atoms with Crippen molar-refractivity contribution in [3.8, 4) is 0 Å². The Morgan fingerprint density at radius 2 is 1.13 bits per heavy atom. The molecule has 2 unspecified atom stereocenters. The summed E-state index contributed by atoms with van der Waals surface area (Å²) in [5, 5.41) is 42.3. The van der Waals surface area contributed by atoms with Gasteiger partial charge in [-0.25, -0.2) is 17.8 Å². The molecular weight excluding hydrogens is 781 g/mol. The van der Waals surface area contributed by atoms with E-state index in [1.807, 2.05) is 0 Å². The van der Waals surface area contributed by atoms with Gasteiger partial charge in [-0.3, -0.25) is 42.4 Å². The number of aliphatic hydroxyl groups excluding tert-OH is 4. The molecule has 0 saturated carbocycles. The number of aryl methyl sites for hydroxylation is 2. The normalized spacial score (nSPS) is 29.8. The minimum absolute atomic E-state index is 0.0241. The van der Waals surface area contributed by atoms with Crippen LogP contribution in [0.2, 0.25) is 0 Å². The molecule has 6 rings (SSSR count). The summed E-state index contributed by atoms with van der Waals surface area (Å²) >= 11 is 0. The van der Waals surface area contributed by atoms with Gasteiger partial charge in [-0.05, 0) is 0 Å². The molecule has 53 heavy (non-hydrogen) atoms. The van der Waals surface area contributed by atoms with Crippen molar-refractivity contribution in [1.82, 2.24) is 29.1 Å². The van der Waals surface area contributed by atoms with Gasteiger partial charge in [-0.15, -0.1) is 0 Å². The van der Waals surface area contributed by atoms with Gasteiger partial charge in [0.15, 0.2) is 12.7 Å². The smallest absolute Gasteiger partial charge is 0.340 e. The van der Waals surface area contributed by atoms with Gasteiger partial charge in [0.1, 0.15) is 36.6 Å². The second kappa shape index (κ2) is 14.0. The third-order valence-electron chi connectivity index (χ3n) is 8.09. The molecule has 0 radical (unpaired) electrons. The molecule has 2 fully saturated rings. The Labute approximate surface area is 294 Å². The maximum Gasteiger partial charge on any atom is 0.340 e. The van der Waals surface area contributed by atoms with Crippen molar-refractivity contribution in [3.05, 3.63) is 33.4 Å². The maximum absolute atomic E-state index is 12.8. The minimum Gasteiger partial charge on any atom is -0.756 e. The van der Waals surface area contributed by atoms with E-state index in [-0.39, 0.29) is 34.2 Å². The first-order valence-electron chi connectivity index (χ1n) is 15.0. The van der Waals surface area contributed by atoms with Crippen LogP contribution in [0, 0.1) is 0 Å². The highest BCUT2D eigenvalue weighted by Crippen LogP contribution is 2.65. The summed E-state index contributed by atoms with van der Waals surface area (Å²) in [6.07, 6.45) is -10.4. The predicted molar refractivity (Wildman–Crippen MR) is 167 cm³/mol. The maximum atomic E-state index is 12.8.